The topological polar surface area (TPSA) is 32.3 Å². The summed E-state index contributed by atoms with van der Waals surface area (Å²) in [5.41, 5.74) is 0. The molecule has 0 saturated heterocycles. The Bertz CT molecular complexity index is 213. The lowest BCUT2D eigenvalue weighted by Gasteiger charge is -2.25. The third kappa shape index (κ3) is 3.50. The lowest BCUT2D eigenvalue weighted by Crippen LogP contribution is -2.38. The van der Waals surface area contributed by atoms with Crippen LogP contribution in [0.15, 0.2) is 12.2 Å². The molecule has 0 aliphatic carbocycles. The van der Waals surface area contributed by atoms with E-state index in [1.807, 2.05) is 4.90 Å². The number of hydrogen-bond donors (Lipinski definition) is 1. The van der Waals surface area contributed by atoms with E-state index in [0.29, 0.717) is 12.5 Å². The number of nitrogens with one attached hydrogen (secondary N) is 1. The number of amides is 1. The molecule has 0 radical (unpaired) electrons. The van der Waals surface area contributed by atoms with E-state index >= 15 is 0 Å². The predicted octanol–water partition coefficient (Wildman–Crippen LogP) is 1.16. The molecule has 14 heavy (non-hydrogen) atoms. The molecule has 0 saturated carbocycles. The average Bonchev–Trinajstić information content (AvgIpc) is 2.19. The quantitative estimate of drug-likeness (QED) is 0.684. The molecule has 1 N–H and O–H groups in total. The predicted molar refractivity (Wildman–Crippen MR) is 58.1 cm³/mol. The first kappa shape index (κ1) is 11.2. The number of carbonyl (C=O) groups excluding carboxylic acids is 1. The van der Waals surface area contributed by atoms with Crippen molar-refractivity contribution >= 4 is 5.91 Å². The maximum atomic E-state index is 11.7. The van der Waals surface area contributed by atoms with Crippen molar-refractivity contribution in [3.05, 3.63) is 12.2 Å². The van der Waals surface area contributed by atoms with Crippen molar-refractivity contribution in [1.82, 2.24) is 10.2 Å². The molecule has 1 rings (SSSR count). The van der Waals surface area contributed by atoms with E-state index in [1.54, 1.807) is 0 Å². The zero-order valence-electron chi connectivity index (χ0n) is 9.12. The summed E-state index contributed by atoms with van der Waals surface area (Å²) in [5, 5.41) is 3.25. The Labute approximate surface area is 86.2 Å². The monoisotopic (exact) mass is 196 g/mol. The van der Waals surface area contributed by atoms with Crippen molar-refractivity contribution in [2.45, 2.75) is 32.7 Å². The Morgan fingerprint density at radius 2 is 2.36 bits per heavy atom. The van der Waals surface area contributed by atoms with Gasteiger partial charge in [0.25, 0.3) is 0 Å². The molecule has 1 unspecified atom stereocenters. The molecule has 1 heterocycles. The molecule has 0 aromatic heterocycles. The Kier molecular flexibility index (Phi) is 4.66. The van der Waals surface area contributed by atoms with Crippen molar-refractivity contribution in [2.24, 2.45) is 0 Å². The van der Waals surface area contributed by atoms with Gasteiger partial charge in [0, 0.05) is 25.6 Å². The lowest BCUT2D eigenvalue weighted by molar-refractivity contribution is -0.131. The molecule has 0 bridgehead atoms. The van der Waals surface area contributed by atoms with Crippen molar-refractivity contribution in [2.75, 3.05) is 19.6 Å². The molecular weight excluding hydrogens is 176 g/mol. The standard InChI is InChI=1S/C11H20N2O/c1-3-12-10(2)9-11(14)13-7-5-4-6-8-13/h4-5,10,12H,3,6-9H2,1-2H3. The zero-order chi connectivity index (χ0) is 10.4. The summed E-state index contributed by atoms with van der Waals surface area (Å²) in [4.78, 5) is 13.7. The molecule has 80 valence electrons. The van der Waals surface area contributed by atoms with E-state index < -0.39 is 0 Å². The van der Waals surface area contributed by atoms with Gasteiger partial charge in [-0.15, -0.1) is 0 Å². The van der Waals surface area contributed by atoms with E-state index in [4.69, 9.17) is 0 Å². The van der Waals surface area contributed by atoms with E-state index in [9.17, 15) is 4.79 Å². The van der Waals surface area contributed by atoms with Gasteiger partial charge in [0.1, 0.15) is 0 Å². The Morgan fingerprint density at radius 3 is 2.93 bits per heavy atom. The highest BCUT2D eigenvalue weighted by molar-refractivity contribution is 5.77. The van der Waals surface area contributed by atoms with Crippen LogP contribution in [-0.4, -0.2) is 36.5 Å². The number of carbonyl (C=O) groups is 1. The summed E-state index contributed by atoms with van der Waals surface area (Å²) < 4.78 is 0. The Balaban J connectivity index is 2.30. The molecular formula is C11H20N2O. The van der Waals surface area contributed by atoms with Gasteiger partial charge < -0.3 is 10.2 Å². The van der Waals surface area contributed by atoms with Crippen LogP contribution < -0.4 is 5.32 Å². The largest absolute Gasteiger partial charge is 0.339 e. The lowest BCUT2D eigenvalue weighted by atomic mass is 10.2. The normalized spacial score (nSPS) is 18.3. The fourth-order valence-corrected chi connectivity index (χ4v) is 1.68. The third-order valence-electron chi connectivity index (χ3n) is 2.44. The van der Waals surface area contributed by atoms with Crippen molar-refractivity contribution in [3.8, 4) is 0 Å². The summed E-state index contributed by atoms with van der Waals surface area (Å²) in [6, 6.07) is 0.290. The van der Waals surface area contributed by atoms with Crippen LogP contribution in [0.1, 0.15) is 26.7 Å². The van der Waals surface area contributed by atoms with Crippen LogP contribution in [-0.2, 0) is 4.79 Å². The van der Waals surface area contributed by atoms with Gasteiger partial charge in [0.05, 0.1) is 0 Å². The first-order chi connectivity index (χ1) is 6.74. The number of nitrogens with zero attached hydrogens (tertiary/aromatic N) is 1. The minimum absolute atomic E-state index is 0.266. The first-order valence-electron chi connectivity index (χ1n) is 5.40. The van der Waals surface area contributed by atoms with E-state index in [0.717, 1.165) is 26.1 Å². The zero-order valence-corrected chi connectivity index (χ0v) is 9.12. The summed E-state index contributed by atoms with van der Waals surface area (Å²) >= 11 is 0. The molecule has 1 atom stereocenters. The highest BCUT2D eigenvalue weighted by Crippen LogP contribution is 2.04. The summed E-state index contributed by atoms with van der Waals surface area (Å²) in [6.45, 7) is 6.71. The maximum absolute atomic E-state index is 11.7. The molecule has 0 aromatic carbocycles. The van der Waals surface area contributed by atoms with E-state index in [-0.39, 0.29) is 5.91 Å². The van der Waals surface area contributed by atoms with Gasteiger partial charge >= 0.3 is 0 Å². The fourth-order valence-electron chi connectivity index (χ4n) is 1.68. The van der Waals surface area contributed by atoms with Crippen molar-refractivity contribution in [3.63, 3.8) is 0 Å². The van der Waals surface area contributed by atoms with Crippen LogP contribution in [0, 0.1) is 0 Å². The van der Waals surface area contributed by atoms with Crippen LogP contribution in [0.25, 0.3) is 0 Å². The molecule has 1 amide bonds. The van der Waals surface area contributed by atoms with Crippen LogP contribution in [0.4, 0.5) is 0 Å². The second-order valence-electron chi connectivity index (χ2n) is 3.76. The fraction of sp³-hybridized carbons (Fsp3) is 0.727. The summed E-state index contributed by atoms with van der Waals surface area (Å²) in [7, 11) is 0. The van der Waals surface area contributed by atoms with Gasteiger partial charge in [-0.1, -0.05) is 19.1 Å². The first-order valence-corrected chi connectivity index (χ1v) is 5.40. The van der Waals surface area contributed by atoms with Crippen LogP contribution >= 0.6 is 0 Å². The molecule has 1 aliphatic heterocycles. The second-order valence-corrected chi connectivity index (χ2v) is 3.76. The van der Waals surface area contributed by atoms with Crippen LogP contribution in [0.2, 0.25) is 0 Å². The highest BCUT2D eigenvalue weighted by Gasteiger charge is 2.15. The smallest absolute Gasteiger partial charge is 0.224 e. The van der Waals surface area contributed by atoms with Gasteiger partial charge in [-0.05, 0) is 19.9 Å². The number of rotatable bonds is 4. The minimum Gasteiger partial charge on any atom is -0.339 e. The van der Waals surface area contributed by atoms with Crippen LogP contribution in [0.3, 0.4) is 0 Å². The minimum atomic E-state index is 0.266. The van der Waals surface area contributed by atoms with Crippen molar-refractivity contribution < 1.29 is 4.79 Å². The average molecular weight is 196 g/mol. The molecule has 3 heteroatoms. The molecule has 3 nitrogen and oxygen atoms in total. The van der Waals surface area contributed by atoms with Gasteiger partial charge in [-0.25, -0.2) is 0 Å². The van der Waals surface area contributed by atoms with Crippen LogP contribution in [0.5, 0.6) is 0 Å². The van der Waals surface area contributed by atoms with E-state index in [2.05, 4.69) is 31.3 Å². The van der Waals surface area contributed by atoms with Gasteiger partial charge in [-0.3, -0.25) is 4.79 Å². The van der Waals surface area contributed by atoms with Gasteiger partial charge in [0.15, 0.2) is 0 Å². The molecule has 0 spiro atoms. The second kappa shape index (κ2) is 5.81. The highest BCUT2D eigenvalue weighted by atomic mass is 16.2. The molecule has 1 aliphatic rings. The molecule has 0 fully saturated rings. The van der Waals surface area contributed by atoms with Gasteiger partial charge in [0.2, 0.25) is 5.91 Å². The van der Waals surface area contributed by atoms with Crippen molar-refractivity contribution in [1.29, 1.82) is 0 Å². The van der Waals surface area contributed by atoms with E-state index in [1.165, 1.54) is 0 Å². The summed E-state index contributed by atoms with van der Waals surface area (Å²) in [6.07, 6.45) is 5.82. The Hall–Kier alpha value is -0.830. The SMILES string of the molecule is CCNC(C)CC(=O)N1CC=CCC1. The maximum Gasteiger partial charge on any atom is 0.224 e. The van der Waals surface area contributed by atoms with Gasteiger partial charge in [-0.2, -0.15) is 0 Å². The molecule has 0 aromatic rings. The summed E-state index contributed by atoms with van der Waals surface area (Å²) in [5.74, 6) is 0.266. The Morgan fingerprint density at radius 1 is 1.57 bits per heavy atom. The number of hydrogen-bond acceptors (Lipinski definition) is 2. The third-order valence-corrected chi connectivity index (χ3v) is 2.44.